The molecule has 0 aromatic heterocycles. The fourth-order valence-electron chi connectivity index (χ4n) is 1.47. The van der Waals surface area contributed by atoms with Crippen LogP contribution in [0.25, 0.3) is 0 Å². The molecule has 1 unspecified atom stereocenters. The summed E-state index contributed by atoms with van der Waals surface area (Å²) in [6, 6.07) is 0. The Bertz CT molecular complexity index is 190. The van der Waals surface area contributed by atoms with Gasteiger partial charge in [0.25, 0.3) is 0 Å². The summed E-state index contributed by atoms with van der Waals surface area (Å²) in [5.41, 5.74) is 0. The molecule has 92 valence electrons. The zero-order valence-corrected chi connectivity index (χ0v) is 10.6. The zero-order valence-electron chi connectivity index (χ0n) is 9.69. The van der Waals surface area contributed by atoms with E-state index in [0.29, 0.717) is 0 Å². The molecule has 0 radical (unpaired) electrons. The number of unbranched alkanes of at least 4 members (excludes halogenated alkanes) is 3. The molecule has 0 saturated heterocycles. The molecule has 1 atom stereocenters. The van der Waals surface area contributed by atoms with Crippen LogP contribution in [0.5, 0.6) is 0 Å². The Labute approximate surface area is 92.3 Å². The molecule has 2 N–H and O–H groups in total. The molecule has 5 heteroatoms. The lowest BCUT2D eigenvalue weighted by Gasteiger charge is -2.15. The summed E-state index contributed by atoms with van der Waals surface area (Å²) in [6.07, 6.45) is 6.66. The van der Waals surface area contributed by atoms with E-state index in [0.717, 1.165) is 19.3 Å². The van der Waals surface area contributed by atoms with E-state index < -0.39 is 7.82 Å². The fourth-order valence-corrected chi connectivity index (χ4v) is 1.87. The Balaban J connectivity index is 3.59. The van der Waals surface area contributed by atoms with Crippen molar-refractivity contribution in [2.45, 2.75) is 52.4 Å². The van der Waals surface area contributed by atoms with Crippen LogP contribution in [0, 0.1) is 5.92 Å². The van der Waals surface area contributed by atoms with E-state index in [2.05, 4.69) is 11.4 Å². The van der Waals surface area contributed by atoms with Gasteiger partial charge in [-0.3, -0.25) is 4.52 Å². The van der Waals surface area contributed by atoms with Crippen LogP contribution in [0.1, 0.15) is 52.4 Å². The minimum absolute atomic E-state index is 0.174. The molecule has 0 aromatic carbocycles. The third-order valence-electron chi connectivity index (χ3n) is 2.52. The Kier molecular flexibility index (Phi) is 8.34. The van der Waals surface area contributed by atoms with E-state index in [1.54, 1.807) is 0 Å². The van der Waals surface area contributed by atoms with Crippen molar-refractivity contribution in [3.63, 3.8) is 0 Å². The topological polar surface area (TPSA) is 66.8 Å². The quantitative estimate of drug-likeness (QED) is 0.478. The molecule has 0 aliphatic carbocycles. The molecule has 0 fully saturated rings. The molecule has 0 saturated carbocycles. The van der Waals surface area contributed by atoms with Crippen molar-refractivity contribution in [1.82, 2.24) is 0 Å². The van der Waals surface area contributed by atoms with Crippen LogP contribution in [0.4, 0.5) is 0 Å². The highest BCUT2D eigenvalue weighted by molar-refractivity contribution is 7.46. The van der Waals surface area contributed by atoms with E-state index in [-0.39, 0.29) is 12.5 Å². The van der Waals surface area contributed by atoms with Gasteiger partial charge in [0.15, 0.2) is 0 Å². The van der Waals surface area contributed by atoms with Crippen molar-refractivity contribution in [2.75, 3.05) is 6.61 Å². The first-order valence-electron chi connectivity index (χ1n) is 5.69. The van der Waals surface area contributed by atoms with E-state index in [9.17, 15) is 4.57 Å². The van der Waals surface area contributed by atoms with Gasteiger partial charge in [0.05, 0.1) is 6.61 Å². The lowest BCUT2D eigenvalue weighted by Crippen LogP contribution is -2.07. The molecular formula is C10H23O4P. The third-order valence-corrected chi connectivity index (χ3v) is 3.01. The van der Waals surface area contributed by atoms with Crippen molar-refractivity contribution < 1.29 is 18.9 Å². The van der Waals surface area contributed by atoms with Crippen molar-refractivity contribution in [1.29, 1.82) is 0 Å². The van der Waals surface area contributed by atoms with E-state index >= 15 is 0 Å². The first-order valence-corrected chi connectivity index (χ1v) is 7.22. The number of phosphoric ester groups is 1. The van der Waals surface area contributed by atoms with Crippen LogP contribution < -0.4 is 0 Å². The summed E-state index contributed by atoms with van der Waals surface area (Å²) in [4.78, 5) is 17.1. The monoisotopic (exact) mass is 238 g/mol. The van der Waals surface area contributed by atoms with E-state index in [1.807, 2.05) is 6.92 Å². The maximum absolute atomic E-state index is 10.5. The predicted molar refractivity (Wildman–Crippen MR) is 60.5 cm³/mol. The van der Waals surface area contributed by atoms with Gasteiger partial charge >= 0.3 is 7.82 Å². The van der Waals surface area contributed by atoms with E-state index in [1.165, 1.54) is 19.3 Å². The van der Waals surface area contributed by atoms with Crippen LogP contribution in [-0.2, 0) is 9.09 Å². The summed E-state index contributed by atoms with van der Waals surface area (Å²) in [7, 11) is -4.28. The Morgan fingerprint density at radius 2 is 1.87 bits per heavy atom. The standard InChI is InChI=1S/C10H23O4P/c1-3-5-6-7-8-10(4-2)9-14-15(11,12)13/h10H,3-9H2,1-2H3,(H2,11,12,13). The molecule has 15 heavy (non-hydrogen) atoms. The van der Waals surface area contributed by atoms with Crippen molar-refractivity contribution in [3.8, 4) is 0 Å². The summed E-state index contributed by atoms with van der Waals surface area (Å²) in [5.74, 6) is 0.273. The fraction of sp³-hybridized carbons (Fsp3) is 1.00. The van der Waals surface area contributed by atoms with Gasteiger partial charge in [0, 0.05) is 0 Å². The minimum atomic E-state index is -4.28. The van der Waals surface area contributed by atoms with Crippen LogP contribution >= 0.6 is 7.82 Å². The summed E-state index contributed by atoms with van der Waals surface area (Å²) in [5, 5.41) is 0. The van der Waals surface area contributed by atoms with Crippen LogP contribution in [0.2, 0.25) is 0 Å². The second-order valence-corrected chi connectivity index (χ2v) is 5.15. The molecule has 4 nitrogen and oxygen atoms in total. The first-order chi connectivity index (χ1) is 6.99. The second kappa shape index (κ2) is 8.28. The molecule has 0 aromatic rings. The van der Waals surface area contributed by atoms with Gasteiger partial charge in [-0.2, -0.15) is 0 Å². The summed E-state index contributed by atoms with van der Waals surface area (Å²) >= 11 is 0. The summed E-state index contributed by atoms with van der Waals surface area (Å²) in [6.45, 7) is 4.36. The van der Waals surface area contributed by atoms with Gasteiger partial charge in [-0.05, 0) is 12.3 Å². The lowest BCUT2D eigenvalue weighted by atomic mass is 9.99. The van der Waals surface area contributed by atoms with Crippen LogP contribution in [0.15, 0.2) is 0 Å². The van der Waals surface area contributed by atoms with Crippen LogP contribution in [-0.4, -0.2) is 16.4 Å². The Morgan fingerprint density at radius 1 is 1.20 bits per heavy atom. The molecule has 0 aliphatic rings. The number of rotatable bonds is 9. The van der Waals surface area contributed by atoms with Gasteiger partial charge in [-0.15, -0.1) is 0 Å². The number of phosphoric acid groups is 1. The van der Waals surface area contributed by atoms with Gasteiger partial charge in [-0.1, -0.05) is 46.0 Å². The molecule has 0 bridgehead atoms. The number of hydrogen-bond donors (Lipinski definition) is 2. The van der Waals surface area contributed by atoms with Gasteiger partial charge in [-0.25, -0.2) is 4.57 Å². The van der Waals surface area contributed by atoms with Gasteiger partial charge in [0.1, 0.15) is 0 Å². The van der Waals surface area contributed by atoms with Crippen molar-refractivity contribution in [3.05, 3.63) is 0 Å². The molecular weight excluding hydrogens is 215 g/mol. The maximum atomic E-state index is 10.5. The Hall–Kier alpha value is 0.110. The average molecular weight is 238 g/mol. The average Bonchev–Trinajstić information content (AvgIpc) is 2.15. The highest BCUT2D eigenvalue weighted by Gasteiger charge is 2.16. The largest absolute Gasteiger partial charge is 0.469 e. The van der Waals surface area contributed by atoms with Crippen molar-refractivity contribution >= 4 is 7.82 Å². The maximum Gasteiger partial charge on any atom is 0.469 e. The molecule has 0 aliphatic heterocycles. The molecule has 0 amide bonds. The van der Waals surface area contributed by atoms with Gasteiger partial charge in [0.2, 0.25) is 0 Å². The summed E-state index contributed by atoms with van der Waals surface area (Å²) < 4.78 is 15.0. The lowest BCUT2D eigenvalue weighted by molar-refractivity contribution is 0.161. The van der Waals surface area contributed by atoms with E-state index in [4.69, 9.17) is 9.79 Å². The third kappa shape index (κ3) is 10.4. The van der Waals surface area contributed by atoms with Crippen LogP contribution in [0.3, 0.4) is 0 Å². The smallest absolute Gasteiger partial charge is 0.303 e. The highest BCUT2D eigenvalue weighted by atomic mass is 31.2. The first kappa shape index (κ1) is 15.1. The molecule has 0 spiro atoms. The van der Waals surface area contributed by atoms with Crippen molar-refractivity contribution in [2.24, 2.45) is 5.92 Å². The Morgan fingerprint density at radius 3 is 2.33 bits per heavy atom. The minimum Gasteiger partial charge on any atom is -0.303 e. The predicted octanol–water partition coefficient (Wildman–Crippen LogP) is 3.09. The number of hydrogen-bond acceptors (Lipinski definition) is 2. The molecule has 0 rings (SSSR count). The SMILES string of the molecule is CCCCCCC(CC)COP(=O)(O)O. The molecule has 0 heterocycles. The normalized spacial score (nSPS) is 14.1. The second-order valence-electron chi connectivity index (χ2n) is 3.91. The highest BCUT2D eigenvalue weighted by Crippen LogP contribution is 2.37. The zero-order chi connectivity index (χ0) is 11.7. The van der Waals surface area contributed by atoms with Gasteiger partial charge < -0.3 is 9.79 Å².